The molecule has 1 aromatic carbocycles. The van der Waals surface area contributed by atoms with Gasteiger partial charge in [0.2, 0.25) is 5.91 Å². The molecule has 1 fully saturated rings. The third-order valence-electron chi connectivity index (χ3n) is 5.36. The van der Waals surface area contributed by atoms with Gasteiger partial charge in [-0.2, -0.15) is 0 Å². The predicted molar refractivity (Wildman–Crippen MR) is 87.7 cm³/mol. The highest BCUT2D eigenvalue weighted by molar-refractivity contribution is 6.31. The van der Waals surface area contributed by atoms with Crippen molar-refractivity contribution < 1.29 is 4.79 Å². The van der Waals surface area contributed by atoms with Crippen LogP contribution >= 0.6 is 11.6 Å². The summed E-state index contributed by atoms with van der Waals surface area (Å²) >= 11 is 6.12. The van der Waals surface area contributed by atoms with Crippen LogP contribution in [0.1, 0.15) is 57.9 Å². The molecule has 3 rings (SSSR count). The zero-order chi connectivity index (χ0) is 15.2. The van der Waals surface area contributed by atoms with E-state index in [1.54, 1.807) is 0 Å². The summed E-state index contributed by atoms with van der Waals surface area (Å²) < 4.78 is 0. The Hall–Kier alpha value is -1.02. The highest BCUT2D eigenvalue weighted by Crippen LogP contribution is 2.47. The number of hydrogen-bond acceptors (Lipinski definition) is 1. The van der Waals surface area contributed by atoms with Crippen molar-refractivity contribution in [2.75, 3.05) is 5.32 Å². The van der Waals surface area contributed by atoms with E-state index >= 15 is 0 Å². The molecule has 0 saturated heterocycles. The van der Waals surface area contributed by atoms with E-state index in [0.717, 1.165) is 35.0 Å². The van der Waals surface area contributed by atoms with E-state index in [9.17, 15) is 4.79 Å². The molecule has 1 atom stereocenters. The van der Waals surface area contributed by atoms with Crippen LogP contribution in [0.2, 0.25) is 5.02 Å². The summed E-state index contributed by atoms with van der Waals surface area (Å²) in [5.74, 6) is 1.39. The summed E-state index contributed by atoms with van der Waals surface area (Å²) in [6.07, 6.45) is 4.75. The van der Waals surface area contributed by atoms with Crippen LogP contribution in [0.15, 0.2) is 18.2 Å². The van der Waals surface area contributed by atoms with Gasteiger partial charge in [0.15, 0.2) is 0 Å². The van der Waals surface area contributed by atoms with Crippen LogP contribution in [0.5, 0.6) is 0 Å². The van der Waals surface area contributed by atoms with Gasteiger partial charge >= 0.3 is 0 Å². The van der Waals surface area contributed by atoms with Gasteiger partial charge in [-0.1, -0.05) is 32.4 Å². The molecule has 1 aromatic rings. The number of hydrogen-bond donors (Lipinski definition) is 1. The molecule has 1 unspecified atom stereocenters. The van der Waals surface area contributed by atoms with Gasteiger partial charge in [-0.15, -0.1) is 0 Å². The van der Waals surface area contributed by atoms with E-state index in [2.05, 4.69) is 26.1 Å². The van der Waals surface area contributed by atoms with E-state index in [1.165, 1.54) is 12.8 Å². The second-order valence-corrected chi connectivity index (χ2v) is 8.11. The Morgan fingerprint density at radius 2 is 1.81 bits per heavy atom. The lowest BCUT2D eigenvalue weighted by atomic mass is 9.67. The topological polar surface area (TPSA) is 29.1 Å². The zero-order valence-corrected chi connectivity index (χ0v) is 13.8. The van der Waals surface area contributed by atoms with Gasteiger partial charge in [-0.25, -0.2) is 0 Å². The van der Waals surface area contributed by atoms with Crippen LogP contribution in [0.25, 0.3) is 0 Å². The zero-order valence-electron chi connectivity index (χ0n) is 13.1. The lowest BCUT2D eigenvalue weighted by Crippen LogP contribution is -2.30. The molecule has 0 bridgehead atoms. The fourth-order valence-corrected chi connectivity index (χ4v) is 4.22. The maximum Gasteiger partial charge on any atom is 0.232 e. The summed E-state index contributed by atoms with van der Waals surface area (Å²) in [6, 6.07) is 5.74. The first-order valence-corrected chi connectivity index (χ1v) is 8.34. The van der Waals surface area contributed by atoms with E-state index in [-0.39, 0.29) is 11.8 Å². The molecule has 21 heavy (non-hydrogen) atoms. The molecule has 3 heteroatoms. The van der Waals surface area contributed by atoms with Gasteiger partial charge in [0.05, 0.1) is 5.92 Å². The summed E-state index contributed by atoms with van der Waals surface area (Å²) in [7, 11) is 0. The van der Waals surface area contributed by atoms with Crippen molar-refractivity contribution in [1.82, 2.24) is 0 Å². The molecule has 1 amide bonds. The quantitative estimate of drug-likeness (QED) is 0.756. The van der Waals surface area contributed by atoms with E-state index in [0.29, 0.717) is 11.3 Å². The number of amides is 1. The van der Waals surface area contributed by atoms with Crippen molar-refractivity contribution >= 4 is 23.2 Å². The molecule has 1 heterocycles. The smallest absolute Gasteiger partial charge is 0.232 e. The van der Waals surface area contributed by atoms with Crippen LogP contribution in [0, 0.1) is 17.3 Å². The van der Waals surface area contributed by atoms with Crippen LogP contribution in [0.3, 0.4) is 0 Å². The average Bonchev–Trinajstić information content (AvgIpc) is 2.73. The highest BCUT2D eigenvalue weighted by Gasteiger charge is 2.40. The lowest BCUT2D eigenvalue weighted by Gasteiger charge is -2.38. The van der Waals surface area contributed by atoms with Gasteiger partial charge < -0.3 is 5.32 Å². The van der Waals surface area contributed by atoms with E-state index in [1.807, 2.05) is 18.2 Å². The first-order valence-electron chi connectivity index (χ1n) is 7.96. The number of halogens is 1. The second kappa shape index (κ2) is 5.31. The van der Waals surface area contributed by atoms with Gasteiger partial charge in [0.25, 0.3) is 0 Å². The first kappa shape index (κ1) is 14.9. The number of carbonyl (C=O) groups excluding carboxylic acids is 1. The van der Waals surface area contributed by atoms with Crippen LogP contribution in [0.4, 0.5) is 5.69 Å². The minimum absolute atomic E-state index is 0.000353. The summed E-state index contributed by atoms with van der Waals surface area (Å²) in [5, 5.41) is 3.74. The predicted octanol–water partition coefficient (Wildman–Crippen LogP) is 5.23. The largest absolute Gasteiger partial charge is 0.325 e. The SMILES string of the molecule is CC(C)(C)C1CCC(C2C(=O)Nc3ccc(Cl)cc32)CC1. The number of fused-ring (bicyclic) bond motifs is 1. The summed E-state index contributed by atoms with van der Waals surface area (Å²) in [5.41, 5.74) is 2.43. The highest BCUT2D eigenvalue weighted by atomic mass is 35.5. The van der Waals surface area contributed by atoms with Crippen molar-refractivity contribution in [2.24, 2.45) is 17.3 Å². The monoisotopic (exact) mass is 305 g/mol. The Bertz CT molecular complexity index is 553. The number of rotatable bonds is 1. The first-order chi connectivity index (χ1) is 9.86. The van der Waals surface area contributed by atoms with E-state index in [4.69, 9.17) is 11.6 Å². The average molecular weight is 306 g/mol. The molecule has 2 aliphatic rings. The van der Waals surface area contributed by atoms with Crippen LogP contribution in [-0.4, -0.2) is 5.91 Å². The maximum absolute atomic E-state index is 12.4. The van der Waals surface area contributed by atoms with Crippen molar-refractivity contribution in [1.29, 1.82) is 0 Å². The number of anilines is 1. The Balaban J connectivity index is 1.77. The molecule has 1 saturated carbocycles. The third-order valence-corrected chi connectivity index (χ3v) is 5.59. The fourth-order valence-electron chi connectivity index (χ4n) is 4.04. The molecule has 1 N–H and O–H groups in total. The molecule has 0 spiro atoms. The second-order valence-electron chi connectivity index (χ2n) is 7.68. The standard InChI is InChI=1S/C18H24ClNO/c1-18(2,3)12-6-4-11(5-7-12)16-14-10-13(19)8-9-15(14)20-17(16)21/h8-12,16H,4-7H2,1-3H3,(H,20,21). The summed E-state index contributed by atoms with van der Waals surface area (Å²) in [6.45, 7) is 6.99. The van der Waals surface area contributed by atoms with Gasteiger partial charge in [0.1, 0.15) is 0 Å². The number of benzene rings is 1. The van der Waals surface area contributed by atoms with Crippen molar-refractivity contribution in [3.05, 3.63) is 28.8 Å². The van der Waals surface area contributed by atoms with E-state index < -0.39 is 0 Å². The Kier molecular flexibility index (Phi) is 3.77. The van der Waals surface area contributed by atoms with Crippen molar-refractivity contribution in [3.63, 3.8) is 0 Å². The number of nitrogens with one attached hydrogen (secondary N) is 1. The molecule has 2 nitrogen and oxygen atoms in total. The van der Waals surface area contributed by atoms with Gasteiger partial charge in [-0.3, -0.25) is 4.79 Å². The molecule has 1 aliphatic heterocycles. The Morgan fingerprint density at radius 3 is 2.43 bits per heavy atom. The Morgan fingerprint density at radius 1 is 1.14 bits per heavy atom. The normalized spacial score (nSPS) is 29.1. The fraction of sp³-hybridized carbons (Fsp3) is 0.611. The minimum atomic E-state index is -0.000353. The number of carbonyl (C=O) groups is 1. The molecule has 0 aromatic heterocycles. The maximum atomic E-state index is 12.4. The third kappa shape index (κ3) is 2.83. The van der Waals surface area contributed by atoms with Gasteiger partial charge in [-0.05, 0) is 66.7 Å². The van der Waals surface area contributed by atoms with Crippen molar-refractivity contribution in [2.45, 2.75) is 52.4 Å². The summed E-state index contributed by atoms with van der Waals surface area (Å²) in [4.78, 5) is 12.4. The molecule has 0 radical (unpaired) electrons. The molecular formula is C18H24ClNO. The Labute approximate surface area is 132 Å². The van der Waals surface area contributed by atoms with Crippen LogP contribution in [-0.2, 0) is 4.79 Å². The molecular weight excluding hydrogens is 282 g/mol. The molecule has 1 aliphatic carbocycles. The van der Waals surface area contributed by atoms with Crippen molar-refractivity contribution in [3.8, 4) is 0 Å². The minimum Gasteiger partial charge on any atom is -0.325 e. The van der Waals surface area contributed by atoms with Gasteiger partial charge in [0, 0.05) is 10.7 Å². The van der Waals surface area contributed by atoms with Crippen LogP contribution < -0.4 is 5.32 Å². The molecule has 114 valence electrons. The lowest BCUT2D eigenvalue weighted by molar-refractivity contribution is -0.118.